The monoisotopic (exact) mass is 425 g/mol. The summed E-state index contributed by atoms with van der Waals surface area (Å²) >= 11 is 0. The Morgan fingerprint density at radius 1 is 1.10 bits per heavy atom. The minimum Gasteiger partial charge on any atom is -0.497 e. The molecule has 0 aliphatic carbocycles. The van der Waals surface area contributed by atoms with Gasteiger partial charge in [0.15, 0.2) is 11.5 Å². The predicted molar refractivity (Wildman–Crippen MR) is 113 cm³/mol. The van der Waals surface area contributed by atoms with Crippen LogP contribution in [0, 0.1) is 0 Å². The van der Waals surface area contributed by atoms with Gasteiger partial charge < -0.3 is 19.5 Å². The summed E-state index contributed by atoms with van der Waals surface area (Å²) in [6.45, 7) is 3.46. The summed E-state index contributed by atoms with van der Waals surface area (Å²) in [4.78, 5) is 36.8. The van der Waals surface area contributed by atoms with Crippen molar-refractivity contribution in [3.05, 3.63) is 53.6 Å². The highest BCUT2D eigenvalue weighted by atomic mass is 16.6. The van der Waals surface area contributed by atoms with Gasteiger partial charge in [0.05, 0.1) is 26.0 Å². The number of amides is 3. The van der Waals surface area contributed by atoms with Crippen LogP contribution in [0.3, 0.4) is 0 Å². The van der Waals surface area contributed by atoms with E-state index in [2.05, 4.69) is 10.4 Å². The normalized spacial score (nSPS) is 18.3. The van der Waals surface area contributed by atoms with Crippen molar-refractivity contribution >= 4 is 24.1 Å². The van der Waals surface area contributed by atoms with Gasteiger partial charge in [0.25, 0.3) is 5.91 Å². The van der Waals surface area contributed by atoms with Gasteiger partial charge in [0.2, 0.25) is 0 Å². The molecule has 1 N–H and O–H groups in total. The molecule has 1 saturated heterocycles. The minimum atomic E-state index is -0.967. The van der Waals surface area contributed by atoms with E-state index in [9.17, 15) is 14.4 Å². The van der Waals surface area contributed by atoms with E-state index in [0.717, 1.165) is 5.01 Å². The highest BCUT2D eigenvalue weighted by Gasteiger charge is 2.46. The van der Waals surface area contributed by atoms with Gasteiger partial charge >= 0.3 is 12.0 Å². The summed E-state index contributed by atoms with van der Waals surface area (Å²) in [6.07, 6.45) is 1.81. The predicted octanol–water partition coefficient (Wildman–Crippen LogP) is 2.98. The number of hydrogen-bond donors (Lipinski definition) is 1. The lowest BCUT2D eigenvalue weighted by atomic mass is 10.00. The molecule has 0 radical (unpaired) electrons. The first-order valence-electron chi connectivity index (χ1n) is 9.56. The van der Waals surface area contributed by atoms with Crippen LogP contribution in [0.2, 0.25) is 0 Å². The first-order valence-corrected chi connectivity index (χ1v) is 9.56. The second kappa shape index (κ2) is 8.86. The van der Waals surface area contributed by atoms with Crippen LogP contribution >= 0.6 is 0 Å². The second-order valence-electron chi connectivity index (χ2n) is 7.01. The van der Waals surface area contributed by atoms with Crippen LogP contribution in [0.5, 0.6) is 17.2 Å². The molecule has 9 nitrogen and oxygen atoms in total. The molecule has 0 spiro atoms. The Hall–Kier alpha value is -3.88. The maximum absolute atomic E-state index is 12.4. The van der Waals surface area contributed by atoms with Gasteiger partial charge in [-0.15, -0.1) is 5.01 Å². The molecule has 0 saturated carbocycles. The van der Waals surface area contributed by atoms with Gasteiger partial charge in [0.1, 0.15) is 11.3 Å². The third-order valence-corrected chi connectivity index (χ3v) is 4.99. The molecule has 9 heteroatoms. The van der Waals surface area contributed by atoms with E-state index in [4.69, 9.17) is 14.2 Å². The van der Waals surface area contributed by atoms with Gasteiger partial charge in [-0.3, -0.25) is 4.79 Å². The maximum Gasteiger partial charge on any atom is 0.346 e. The minimum absolute atomic E-state index is 0.217. The zero-order valence-corrected chi connectivity index (χ0v) is 17.7. The van der Waals surface area contributed by atoms with Gasteiger partial charge in [-0.1, -0.05) is 6.92 Å². The van der Waals surface area contributed by atoms with Crippen molar-refractivity contribution in [3.8, 4) is 17.2 Å². The molecule has 2 aromatic rings. The highest BCUT2D eigenvalue weighted by Crippen LogP contribution is 2.29. The zero-order chi connectivity index (χ0) is 22.6. The lowest BCUT2D eigenvalue weighted by molar-refractivity contribution is -0.130. The number of ether oxygens (including phenoxy) is 3. The maximum atomic E-state index is 12.4. The number of carbonyl (C=O) groups is 3. The van der Waals surface area contributed by atoms with Crippen molar-refractivity contribution < 1.29 is 28.6 Å². The Labute approximate surface area is 179 Å². The Balaban J connectivity index is 1.75. The van der Waals surface area contributed by atoms with E-state index in [1.165, 1.54) is 20.4 Å². The zero-order valence-electron chi connectivity index (χ0n) is 17.7. The number of hydrazone groups is 1. The summed E-state index contributed by atoms with van der Waals surface area (Å²) in [7, 11) is 2.97. The number of carbonyl (C=O) groups excluding carboxylic acids is 3. The van der Waals surface area contributed by atoms with Gasteiger partial charge in [0, 0.05) is 0 Å². The number of benzene rings is 2. The molecule has 0 aromatic heterocycles. The van der Waals surface area contributed by atoms with Crippen LogP contribution in [0.25, 0.3) is 0 Å². The van der Waals surface area contributed by atoms with Crippen molar-refractivity contribution in [1.29, 1.82) is 0 Å². The highest BCUT2D eigenvalue weighted by molar-refractivity contribution is 6.07. The molecule has 0 bridgehead atoms. The number of imide groups is 1. The molecule has 2 aromatic carbocycles. The van der Waals surface area contributed by atoms with Crippen molar-refractivity contribution in [2.24, 2.45) is 5.10 Å². The molecule has 31 heavy (non-hydrogen) atoms. The number of esters is 1. The second-order valence-corrected chi connectivity index (χ2v) is 7.01. The molecule has 1 aliphatic rings. The SMILES string of the molecule is CCC1(C)NC(=O)N(N=Cc2ccc(OC(=O)c3ccc(OC)cc3)c(OC)c2)C1=O. The van der Waals surface area contributed by atoms with E-state index >= 15 is 0 Å². The summed E-state index contributed by atoms with van der Waals surface area (Å²) in [5.74, 6) is 0.159. The average Bonchev–Trinajstić information content (AvgIpc) is 3.01. The van der Waals surface area contributed by atoms with E-state index in [0.29, 0.717) is 29.0 Å². The molecular weight excluding hydrogens is 402 g/mol. The summed E-state index contributed by atoms with van der Waals surface area (Å²) < 4.78 is 15.8. The average molecular weight is 425 g/mol. The van der Waals surface area contributed by atoms with Crippen LogP contribution < -0.4 is 19.5 Å². The number of hydrogen-bond acceptors (Lipinski definition) is 7. The molecule has 1 unspecified atom stereocenters. The van der Waals surface area contributed by atoms with Crippen LogP contribution in [-0.2, 0) is 4.79 Å². The van der Waals surface area contributed by atoms with Crippen LogP contribution in [0.4, 0.5) is 4.79 Å². The van der Waals surface area contributed by atoms with Crippen LogP contribution in [0.1, 0.15) is 36.2 Å². The molecule has 3 amide bonds. The largest absolute Gasteiger partial charge is 0.497 e. The molecule has 162 valence electrons. The summed E-state index contributed by atoms with van der Waals surface area (Å²) in [5, 5.41) is 7.43. The topological polar surface area (TPSA) is 107 Å². The molecule has 1 atom stereocenters. The van der Waals surface area contributed by atoms with Crippen molar-refractivity contribution in [2.75, 3.05) is 14.2 Å². The molecule has 1 aliphatic heterocycles. The lowest BCUT2D eigenvalue weighted by Gasteiger charge is -2.17. The third kappa shape index (κ3) is 4.50. The molecule has 1 fully saturated rings. The summed E-state index contributed by atoms with van der Waals surface area (Å²) in [6, 6.07) is 10.7. The fraction of sp³-hybridized carbons (Fsp3) is 0.273. The van der Waals surface area contributed by atoms with E-state index in [1.54, 1.807) is 49.4 Å². The lowest BCUT2D eigenvalue weighted by Crippen LogP contribution is -2.42. The fourth-order valence-corrected chi connectivity index (χ4v) is 2.87. The third-order valence-electron chi connectivity index (χ3n) is 4.99. The van der Waals surface area contributed by atoms with E-state index in [1.807, 2.05) is 6.92 Å². The Kier molecular flexibility index (Phi) is 6.24. The van der Waals surface area contributed by atoms with E-state index < -0.39 is 23.4 Å². The van der Waals surface area contributed by atoms with Crippen molar-refractivity contribution in [2.45, 2.75) is 25.8 Å². The quantitative estimate of drug-likeness (QED) is 0.316. The molecular formula is C22H23N3O6. The number of rotatable bonds is 7. The number of nitrogens with zero attached hydrogens (tertiary/aromatic N) is 2. The number of nitrogens with one attached hydrogen (secondary N) is 1. The number of urea groups is 1. The Morgan fingerprint density at radius 3 is 2.39 bits per heavy atom. The van der Waals surface area contributed by atoms with Gasteiger partial charge in [-0.2, -0.15) is 5.10 Å². The molecule has 1 heterocycles. The van der Waals surface area contributed by atoms with Crippen LogP contribution in [-0.4, -0.2) is 48.9 Å². The smallest absolute Gasteiger partial charge is 0.346 e. The van der Waals surface area contributed by atoms with Gasteiger partial charge in [-0.05, 0) is 61.4 Å². The fourth-order valence-electron chi connectivity index (χ4n) is 2.87. The number of methoxy groups -OCH3 is 2. The van der Waals surface area contributed by atoms with E-state index in [-0.39, 0.29) is 5.75 Å². The standard InChI is InChI=1S/C22H23N3O6/c1-5-22(2)20(27)25(21(28)24-22)23-13-14-6-11-17(18(12-14)30-4)31-19(26)15-7-9-16(29-3)10-8-15/h6-13H,5H2,1-4H3,(H,24,28). The van der Waals surface area contributed by atoms with Crippen LogP contribution in [0.15, 0.2) is 47.6 Å². The van der Waals surface area contributed by atoms with Crippen molar-refractivity contribution in [1.82, 2.24) is 10.3 Å². The Bertz CT molecular complexity index is 1030. The first kappa shape index (κ1) is 21.8. The first-order chi connectivity index (χ1) is 14.8. The Morgan fingerprint density at radius 2 is 1.81 bits per heavy atom. The molecule has 3 rings (SSSR count). The summed E-state index contributed by atoms with van der Waals surface area (Å²) in [5.41, 5.74) is -0.0659. The van der Waals surface area contributed by atoms with Gasteiger partial charge in [-0.25, -0.2) is 9.59 Å². The van der Waals surface area contributed by atoms with Crippen molar-refractivity contribution in [3.63, 3.8) is 0 Å².